The molecule has 108 valence electrons. The number of carbonyl (C=O) groups is 1. The monoisotopic (exact) mass is 290 g/mol. The molecule has 0 unspecified atom stereocenters. The van der Waals surface area contributed by atoms with E-state index in [1.807, 2.05) is 30.3 Å². The highest BCUT2D eigenvalue weighted by molar-refractivity contribution is 6.01. The highest BCUT2D eigenvalue weighted by Crippen LogP contribution is 2.44. The molecule has 3 nitrogen and oxygen atoms in total. The van der Waals surface area contributed by atoms with Crippen molar-refractivity contribution in [3.63, 3.8) is 0 Å². The van der Waals surface area contributed by atoms with Crippen molar-refractivity contribution in [3.8, 4) is 11.1 Å². The lowest BCUT2D eigenvalue weighted by atomic mass is 10.0. The number of rotatable bonds is 1. The van der Waals surface area contributed by atoms with Gasteiger partial charge in [0.25, 0.3) is 0 Å². The van der Waals surface area contributed by atoms with Crippen LogP contribution in [0.1, 0.15) is 17.5 Å². The fourth-order valence-electron chi connectivity index (χ4n) is 3.14. The first-order chi connectivity index (χ1) is 10.7. The second-order valence-electron chi connectivity index (χ2n) is 5.49. The van der Waals surface area contributed by atoms with E-state index in [0.717, 1.165) is 22.8 Å². The van der Waals surface area contributed by atoms with E-state index in [9.17, 15) is 9.90 Å². The molecule has 1 aliphatic heterocycles. The maximum absolute atomic E-state index is 11.5. The van der Waals surface area contributed by atoms with E-state index >= 15 is 0 Å². The van der Waals surface area contributed by atoms with Crippen molar-refractivity contribution < 1.29 is 14.6 Å². The molecule has 2 aliphatic rings. The summed E-state index contributed by atoms with van der Waals surface area (Å²) in [6.45, 7) is 0. The summed E-state index contributed by atoms with van der Waals surface area (Å²) >= 11 is 0. The Labute approximate surface area is 128 Å². The molecule has 1 atom stereocenters. The lowest BCUT2D eigenvalue weighted by molar-refractivity contribution is -0.142. The van der Waals surface area contributed by atoms with Crippen molar-refractivity contribution in [2.24, 2.45) is 0 Å². The summed E-state index contributed by atoms with van der Waals surface area (Å²) in [6, 6.07) is 16.4. The standard InChI is InChI=1S/C19H14O3/c20-12-9-13(22-19(21)10-12)11-18-16-7-3-1-5-14(16)15-6-2-4-8-17(15)18/h1-8,10-11,13,20H,9H2/t13-/m0/s1. The number of carbonyl (C=O) groups excluding carboxylic acids is 1. The van der Waals surface area contributed by atoms with Crippen molar-refractivity contribution in [2.45, 2.75) is 12.5 Å². The van der Waals surface area contributed by atoms with Crippen LogP contribution >= 0.6 is 0 Å². The summed E-state index contributed by atoms with van der Waals surface area (Å²) < 4.78 is 5.30. The molecular weight excluding hydrogens is 276 g/mol. The largest absolute Gasteiger partial charge is 0.512 e. The van der Waals surface area contributed by atoms with Gasteiger partial charge in [0.2, 0.25) is 0 Å². The topological polar surface area (TPSA) is 46.5 Å². The zero-order valence-electron chi connectivity index (χ0n) is 11.8. The van der Waals surface area contributed by atoms with Crippen LogP contribution in [-0.4, -0.2) is 17.2 Å². The van der Waals surface area contributed by atoms with Crippen LogP contribution in [0.2, 0.25) is 0 Å². The van der Waals surface area contributed by atoms with E-state index in [0.29, 0.717) is 6.42 Å². The first-order valence-corrected chi connectivity index (χ1v) is 7.23. The van der Waals surface area contributed by atoms with Gasteiger partial charge in [-0.05, 0) is 33.9 Å². The number of cyclic esters (lactones) is 1. The van der Waals surface area contributed by atoms with Crippen molar-refractivity contribution in [1.82, 2.24) is 0 Å². The Morgan fingerprint density at radius 3 is 2.05 bits per heavy atom. The lowest BCUT2D eigenvalue weighted by Crippen LogP contribution is -2.21. The molecule has 1 N–H and O–H groups in total. The molecule has 0 fully saturated rings. The summed E-state index contributed by atoms with van der Waals surface area (Å²) in [4.78, 5) is 11.5. The molecule has 3 heteroatoms. The van der Waals surface area contributed by atoms with Gasteiger partial charge in [0.1, 0.15) is 11.9 Å². The Morgan fingerprint density at radius 1 is 0.955 bits per heavy atom. The fourth-order valence-corrected chi connectivity index (χ4v) is 3.14. The van der Waals surface area contributed by atoms with Gasteiger partial charge in [0.15, 0.2) is 0 Å². The maximum Gasteiger partial charge on any atom is 0.334 e. The van der Waals surface area contributed by atoms with Gasteiger partial charge in [-0.2, -0.15) is 0 Å². The van der Waals surface area contributed by atoms with E-state index in [4.69, 9.17) is 4.74 Å². The van der Waals surface area contributed by atoms with Crippen LogP contribution in [0.4, 0.5) is 0 Å². The molecule has 2 aromatic carbocycles. The zero-order valence-corrected chi connectivity index (χ0v) is 11.8. The summed E-state index contributed by atoms with van der Waals surface area (Å²) in [7, 11) is 0. The van der Waals surface area contributed by atoms with Gasteiger partial charge in [0, 0.05) is 6.42 Å². The Balaban J connectivity index is 1.83. The molecule has 0 spiro atoms. The predicted octanol–water partition coefficient (Wildman–Crippen LogP) is 3.86. The van der Waals surface area contributed by atoms with E-state index in [1.54, 1.807) is 0 Å². The summed E-state index contributed by atoms with van der Waals surface area (Å²) in [6.07, 6.45) is 2.95. The molecule has 0 amide bonds. The third-order valence-corrected chi connectivity index (χ3v) is 4.04. The zero-order chi connectivity index (χ0) is 15.1. The van der Waals surface area contributed by atoms with Crippen molar-refractivity contribution in [2.75, 3.05) is 0 Å². The summed E-state index contributed by atoms with van der Waals surface area (Å²) in [5.41, 5.74) is 5.69. The first kappa shape index (κ1) is 12.9. The predicted molar refractivity (Wildman–Crippen MR) is 84.2 cm³/mol. The number of esters is 1. The Morgan fingerprint density at radius 2 is 1.50 bits per heavy atom. The number of ether oxygens (including phenoxy) is 1. The van der Waals surface area contributed by atoms with Gasteiger partial charge < -0.3 is 9.84 Å². The highest BCUT2D eigenvalue weighted by atomic mass is 16.5. The van der Waals surface area contributed by atoms with Gasteiger partial charge in [0.05, 0.1) is 6.08 Å². The molecule has 1 heterocycles. The van der Waals surface area contributed by atoms with E-state index in [1.165, 1.54) is 11.1 Å². The van der Waals surface area contributed by atoms with Crippen LogP contribution in [0.25, 0.3) is 16.7 Å². The Kier molecular flexibility index (Phi) is 2.86. The molecule has 4 rings (SSSR count). The van der Waals surface area contributed by atoms with Gasteiger partial charge in [-0.1, -0.05) is 48.5 Å². The van der Waals surface area contributed by atoms with E-state index < -0.39 is 12.1 Å². The molecule has 0 bridgehead atoms. The van der Waals surface area contributed by atoms with E-state index in [2.05, 4.69) is 24.3 Å². The number of hydrogen-bond donors (Lipinski definition) is 1. The number of benzene rings is 2. The van der Waals surface area contributed by atoms with E-state index in [-0.39, 0.29) is 5.76 Å². The first-order valence-electron chi connectivity index (χ1n) is 7.23. The third kappa shape index (κ3) is 2.02. The Bertz CT molecular complexity index is 783. The van der Waals surface area contributed by atoms with Crippen LogP contribution in [0, 0.1) is 0 Å². The quantitative estimate of drug-likeness (QED) is 0.692. The molecule has 0 saturated carbocycles. The molecule has 1 aliphatic carbocycles. The van der Waals surface area contributed by atoms with Crippen LogP contribution < -0.4 is 0 Å². The van der Waals surface area contributed by atoms with Crippen LogP contribution in [-0.2, 0) is 9.53 Å². The minimum Gasteiger partial charge on any atom is -0.512 e. The summed E-state index contributed by atoms with van der Waals surface area (Å²) in [5, 5.41) is 9.65. The minimum absolute atomic E-state index is 0.0673. The normalized spacial score (nSPS) is 19.1. The Hall–Kier alpha value is -2.81. The second kappa shape index (κ2) is 4.88. The fraction of sp³-hybridized carbons (Fsp3) is 0.105. The number of aliphatic hydroxyl groups is 1. The molecule has 22 heavy (non-hydrogen) atoms. The van der Waals surface area contributed by atoms with Gasteiger partial charge >= 0.3 is 5.97 Å². The van der Waals surface area contributed by atoms with Crippen molar-refractivity contribution in [3.05, 3.63) is 77.6 Å². The molecule has 0 radical (unpaired) electrons. The van der Waals surface area contributed by atoms with Crippen molar-refractivity contribution in [1.29, 1.82) is 0 Å². The van der Waals surface area contributed by atoms with Crippen LogP contribution in [0.5, 0.6) is 0 Å². The average molecular weight is 290 g/mol. The van der Waals surface area contributed by atoms with Crippen LogP contribution in [0.15, 0.2) is 66.4 Å². The molecule has 2 aromatic rings. The maximum atomic E-state index is 11.5. The number of hydrogen-bond acceptors (Lipinski definition) is 3. The van der Waals surface area contributed by atoms with Crippen molar-refractivity contribution >= 4 is 11.5 Å². The number of aliphatic hydroxyl groups excluding tert-OH is 1. The number of fused-ring (bicyclic) bond motifs is 3. The third-order valence-electron chi connectivity index (χ3n) is 4.04. The smallest absolute Gasteiger partial charge is 0.334 e. The lowest BCUT2D eigenvalue weighted by Gasteiger charge is -2.18. The van der Waals surface area contributed by atoms with Gasteiger partial charge in [-0.3, -0.25) is 0 Å². The molecule has 0 aromatic heterocycles. The second-order valence-corrected chi connectivity index (χ2v) is 5.49. The summed E-state index contributed by atoms with van der Waals surface area (Å²) in [5.74, 6) is -0.428. The molecule has 0 saturated heterocycles. The minimum atomic E-state index is -0.495. The van der Waals surface area contributed by atoms with Gasteiger partial charge in [-0.15, -0.1) is 0 Å². The highest BCUT2D eigenvalue weighted by Gasteiger charge is 2.26. The van der Waals surface area contributed by atoms with Crippen LogP contribution in [0.3, 0.4) is 0 Å². The van der Waals surface area contributed by atoms with Gasteiger partial charge in [-0.25, -0.2) is 4.79 Å². The average Bonchev–Trinajstić information content (AvgIpc) is 2.81. The SMILES string of the molecule is O=C1C=C(O)C[C@@H](C=C2c3ccccc3-c3ccccc32)O1. The molecular formula is C19H14O3.